The second-order valence-corrected chi connectivity index (χ2v) is 6.15. The highest BCUT2D eigenvalue weighted by Crippen LogP contribution is 2.57. The molecule has 1 amide bonds. The lowest BCUT2D eigenvalue weighted by molar-refractivity contribution is -0.196. The van der Waals surface area contributed by atoms with Gasteiger partial charge in [-0.2, -0.15) is 13.2 Å². The van der Waals surface area contributed by atoms with Gasteiger partial charge in [0.1, 0.15) is 30.2 Å². The van der Waals surface area contributed by atoms with Crippen molar-refractivity contribution in [3.05, 3.63) is 29.6 Å². The molecule has 0 aliphatic heterocycles. The Balaban J connectivity index is 1.51. The number of alkyl carbamates (subject to hydrolysis) is 1. The van der Waals surface area contributed by atoms with E-state index in [9.17, 15) is 22.4 Å². The minimum atomic E-state index is -4.35. The molecule has 0 unspecified atom stereocenters. The van der Waals surface area contributed by atoms with Gasteiger partial charge in [-0.25, -0.2) is 9.18 Å². The Bertz CT molecular complexity index is 617. The first kappa shape index (κ1) is 20.3. The quantitative estimate of drug-likeness (QED) is 0.526. The van der Waals surface area contributed by atoms with Gasteiger partial charge in [0.2, 0.25) is 0 Å². The maximum atomic E-state index is 13.1. The van der Waals surface area contributed by atoms with E-state index in [0.717, 1.165) is 5.56 Å². The number of halogens is 4. The molecule has 5 nitrogen and oxygen atoms in total. The van der Waals surface area contributed by atoms with Crippen molar-refractivity contribution in [2.45, 2.75) is 25.9 Å². The van der Waals surface area contributed by atoms with Crippen LogP contribution in [0, 0.1) is 18.2 Å². The van der Waals surface area contributed by atoms with Crippen LogP contribution < -0.4 is 10.1 Å². The van der Waals surface area contributed by atoms with Crippen LogP contribution in [0.1, 0.15) is 18.4 Å². The molecule has 0 atom stereocenters. The zero-order chi connectivity index (χ0) is 19.2. The SMILES string of the molecule is Cc1ccc(F)cc1OCCOCCNC(=O)OCC1(C(F)(F)F)CC1. The molecule has 1 aliphatic rings. The van der Waals surface area contributed by atoms with Gasteiger partial charge < -0.3 is 19.5 Å². The van der Waals surface area contributed by atoms with Crippen LogP contribution in [0.3, 0.4) is 0 Å². The highest BCUT2D eigenvalue weighted by molar-refractivity contribution is 5.67. The summed E-state index contributed by atoms with van der Waals surface area (Å²) in [4.78, 5) is 11.4. The Morgan fingerprint density at radius 3 is 2.62 bits per heavy atom. The fourth-order valence-corrected chi connectivity index (χ4v) is 2.18. The van der Waals surface area contributed by atoms with Gasteiger partial charge >= 0.3 is 12.3 Å². The fraction of sp³-hybridized carbons (Fsp3) is 0.588. The summed E-state index contributed by atoms with van der Waals surface area (Å²) >= 11 is 0. The number of hydrogen-bond acceptors (Lipinski definition) is 4. The van der Waals surface area contributed by atoms with Crippen molar-refractivity contribution in [1.82, 2.24) is 5.32 Å². The van der Waals surface area contributed by atoms with Crippen LogP contribution >= 0.6 is 0 Å². The molecule has 0 aromatic heterocycles. The van der Waals surface area contributed by atoms with Crippen LogP contribution in [0.15, 0.2) is 18.2 Å². The highest BCUT2D eigenvalue weighted by Gasteiger charge is 2.64. The molecule has 2 rings (SSSR count). The smallest absolute Gasteiger partial charge is 0.407 e. The van der Waals surface area contributed by atoms with Crippen molar-refractivity contribution >= 4 is 6.09 Å². The van der Waals surface area contributed by atoms with Gasteiger partial charge in [0, 0.05) is 12.6 Å². The van der Waals surface area contributed by atoms with E-state index in [1.54, 1.807) is 13.0 Å². The summed E-state index contributed by atoms with van der Waals surface area (Å²) in [5.41, 5.74) is -1.07. The lowest BCUT2D eigenvalue weighted by Gasteiger charge is -2.18. The van der Waals surface area contributed by atoms with Gasteiger partial charge in [-0.05, 0) is 31.4 Å². The normalized spacial score (nSPS) is 15.4. The number of ether oxygens (including phenoxy) is 3. The molecular weight excluding hydrogens is 358 g/mol. The van der Waals surface area contributed by atoms with Crippen molar-refractivity contribution < 1.29 is 36.6 Å². The van der Waals surface area contributed by atoms with E-state index in [-0.39, 0.29) is 39.2 Å². The molecule has 0 heterocycles. The van der Waals surface area contributed by atoms with E-state index in [4.69, 9.17) is 9.47 Å². The Kier molecular flexibility index (Phi) is 6.69. The monoisotopic (exact) mass is 379 g/mol. The zero-order valence-electron chi connectivity index (χ0n) is 14.3. The number of hydrogen-bond donors (Lipinski definition) is 1. The van der Waals surface area contributed by atoms with Crippen LogP contribution in [0.5, 0.6) is 5.75 Å². The molecule has 0 radical (unpaired) electrons. The third-order valence-electron chi connectivity index (χ3n) is 4.09. The first-order valence-corrected chi connectivity index (χ1v) is 8.18. The zero-order valence-corrected chi connectivity index (χ0v) is 14.3. The van der Waals surface area contributed by atoms with Crippen LogP contribution in [0.4, 0.5) is 22.4 Å². The van der Waals surface area contributed by atoms with Crippen LogP contribution in [-0.4, -0.2) is 45.2 Å². The molecule has 146 valence electrons. The van der Waals surface area contributed by atoms with Crippen LogP contribution in [0.2, 0.25) is 0 Å². The summed E-state index contributed by atoms with van der Waals surface area (Å²) in [6.45, 7) is 1.77. The summed E-state index contributed by atoms with van der Waals surface area (Å²) in [7, 11) is 0. The predicted octanol–water partition coefficient (Wildman–Crippen LogP) is 3.60. The van der Waals surface area contributed by atoms with E-state index < -0.39 is 30.1 Å². The molecule has 1 N–H and O–H groups in total. The Morgan fingerprint density at radius 1 is 1.23 bits per heavy atom. The van der Waals surface area contributed by atoms with Crippen molar-refractivity contribution in [1.29, 1.82) is 0 Å². The topological polar surface area (TPSA) is 56.8 Å². The average molecular weight is 379 g/mol. The van der Waals surface area contributed by atoms with Gasteiger partial charge in [-0.3, -0.25) is 0 Å². The Morgan fingerprint density at radius 2 is 1.96 bits per heavy atom. The molecule has 1 aromatic carbocycles. The maximum Gasteiger partial charge on any atom is 0.407 e. The number of nitrogens with one attached hydrogen (secondary N) is 1. The summed E-state index contributed by atoms with van der Waals surface area (Å²) < 4.78 is 66.3. The highest BCUT2D eigenvalue weighted by atomic mass is 19.4. The minimum absolute atomic E-state index is 0.0162. The molecule has 1 fully saturated rings. The average Bonchev–Trinajstić information content (AvgIpc) is 3.36. The number of carbonyl (C=O) groups is 1. The van der Waals surface area contributed by atoms with Crippen LogP contribution in [0.25, 0.3) is 0 Å². The largest absolute Gasteiger partial charge is 0.491 e. The predicted molar refractivity (Wildman–Crippen MR) is 84.5 cm³/mol. The molecule has 1 aliphatic carbocycles. The Labute approximate surface area is 148 Å². The minimum Gasteiger partial charge on any atom is -0.491 e. The summed E-state index contributed by atoms with van der Waals surface area (Å²) in [5.74, 6) is 0.0294. The second-order valence-electron chi connectivity index (χ2n) is 6.15. The molecule has 0 spiro atoms. The number of rotatable bonds is 9. The van der Waals surface area contributed by atoms with E-state index in [0.29, 0.717) is 5.75 Å². The van der Waals surface area contributed by atoms with Crippen LogP contribution in [-0.2, 0) is 9.47 Å². The number of amides is 1. The van der Waals surface area contributed by atoms with Crippen molar-refractivity contribution in [2.24, 2.45) is 5.41 Å². The third kappa shape index (κ3) is 5.76. The molecule has 1 aromatic rings. The number of alkyl halides is 3. The van der Waals surface area contributed by atoms with E-state index in [1.165, 1.54) is 12.1 Å². The molecule has 0 saturated heterocycles. The standard InChI is InChI=1S/C17H21F4NO4/c1-12-2-3-13(18)10-14(12)25-9-8-24-7-6-22-15(23)26-11-16(4-5-16)17(19,20)21/h2-3,10H,4-9,11H2,1H3,(H,22,23). The molecule has 26 heavy (non-hydrogen) atoms. The number of aryl methyl sites for hydroxylation is 1. The molecule has 0 bridgehead atoms. The van der Waals surface area contributed by atoms with Gasteiger partial charge in [0.25, 0.3) is 0 Å². The second kappa shape index (κ2) is 8.57. The van der Waals surface area contributed by atoms with Gasteiger partial charge in [-0.1, -0.05) is 6.07 Å². The molecular formula is C17H21F4NO4. The first-order valence-electron chi connectivity index (χ1n) is 8.18. The Hall–Kier alpha value is -2.03. The lowest BCUT2D eigenvalue weighted by atomic mass is 10.1. The van der Waals surface area contributed by atoms with E-state index in [2.05, 4.69) is 10.1 Å². The first-order chi connectivity index (χ1) is 12.2. The number of benzene rings is 1. The number of carbonyl (C=O) groups excluding carboxylic acids is 1. The van der Waals surface area contributed by atoms with Gasteiger partial charge in [-0.15, -0.1) is 0 Å². The lowest BCUT2D eigenvalue weighted by Crippen LogP contribution is -2.34. The van der Waals surface area contributed by atoms with Gasteiger partial charge in [0.05, 0.1) is 13.2 Å². The summed E-state index contributed by atoms with van der Waals surface area (Å²) in [6.07, 6.45) is -5.29. The van der Waals surface area contributed by atoms with Gasteiger partial charge in [0.15, 0.2) is 0 Å². The third-order valence-corrected chi connectivity index (χ3v) is 4.09. The summed E-state index contributed by atoms with van der Waals surface area (Å²) in [6, 6.07) is 4.22. The van der Waals surface area contributed by atoms with Crippen molar-refractivity contribution in [3.63, 3.8) is 0 Å². The molecule has 1 saturated carbocycles. The maximum absolute atomic E-state index is 13.1. The van der Waals surface area contributed by atoms with E-state index >= 15 is 0 Å². The van der Waals surface area contributed by atoms with E-state index in [1.807, 2.05) is 0 Å². The van der Waals surface area contributed by atoms with Crippen molar-refractivity contribution in [3.8, 4) is 5.75 Å². The molecule has 9 heteroatoms. The summed E-state index contributed by atoms with van der Waals surface area (Å²) in [5, 5.41) is 2.32. The van der Waals surface area contributed by atoms with Crippen molar-refractivity contribution in [2.75, 3.05) is 33.0 Å². The fourth-order valence-electron chi connectivity index (χ4n) is 2.18.